The summed E-state index contributed by atoms with van der Waals surface area (Å²) in [6.45, 7) is 2.59. The number of nitro benzene ring substituents is 1. The van der Waals surface area contributed by atoms with Gasteiger partial charge in [-0.25, -0.2) is 8.42 Å². The molecule has 1 aliphatic carbocycles. The molecule has 9 heteroatoms. The molecular weight excluding hydrogens is 432 g/mol. The van der Waals surface area contributed by atoms with Gasteiger partial charge in [0.25, 0.3) is 5.69 Å². The van der Waals surface area contributed by atoms with Crippen molar-refractivity contribution in [1.82, 2.24) is 4.31 Å². The van der Waals surface area contributed by atoms with E-state index in [1.54, 1.807) is 6.92 Å². The van der Waals surface area contributed by atoms with Crippen molar-refractivity contribution in [1.29, 1.82) is 0 Å². The molecule has 0 atom stereocenters. The van der Waals surface area contributed by atoms with Crippen LogP contribution in [-0.2, 0) is 26.1 Å². The number of carbonyl (C=O) groups excluding carboxylic acids is 1. The highest BCUT2D eigenvalue weighted by molar-refractivity contribution is 7.89. The molecule has 0 spiro atoms. The van der Waals surface area contributed by atoms with Gasteiger partial charge in [-0.1, -0.05) is 36.4 Å². The number of carbonyl (C=O) groups is 1. The standard InChI is InChI=1S/C23H28N2O6S/c1-2-31-23(26)20-13-11-19(12-14-20)17-24(16-18-7-4-3-5-8-18)32(29,30)22-10-6-9-21(15-22)25(27)28/h3-10,15,19-20H,2,11-14,16-17H2,1H3. The molecular formula is C23H28N2O6S. The molecule has 1 fully saturated rings. The maximum Gasteiger partial charge on any atom is 0.308 e. The van der Waals surface area contributed by atoms with Crippen molar-refractivity contribution in [3.05, 3.63) is 70.3 Å². The third kappa shape index (κ3) is 5.92. The number of rotatable bonds is 9. The van der Waals surface area contributed by atoms with Crippen molar-refractivity contribution in [2.45, 2.75) is 44.0 Å². The number of non-ortho nitro benzene ring substituents is 1. The highest BCUT2D eigenvalue weighted by atomic mass is 32.2. The average molecular weight is 461 g/mol. The Morgan fingerprint density at radius 3 is 2.41 bits per heavy atom. The fraction of sp³-hybridized carbons (Fsp3) is 0.435. The minimum absolute atomic E-state index is 0.0946. The number of nitro groups is 1. The molecule has 172 valence electrons. The zero-order chi connectivity index (χ0) is 23.1. The van der Waals surface area contributed by atoms with E-state index < -0.39 is 14.9 Å². The first-order valence-electron chi connectivity index (χ1n) is 10.8. The summed E-state index contributed by atoms with van der Waals surface area (Å²) in [5.41, 5.74) is 0.572. The predicted molar refractivity (Wildman–Crippen MR) is 119 cm³/mol. The molecule has 0 unspecified atom stereocenters. The summed E-state index contributed by atoms with van der Waals surface area (Å²) in [7, 11) is -3.96. The van der Waals surface area contributed by atoms with Crippen LogP contribution in [0.5, 0.6) is 0 Å². The molecule has 8 nitrogen and oxygen atoms in total. The van der Waals surface area contributed by atoms with Crippen LogP contribution in [0.4, 0.5) is 5.69 Å². The molecule has 0 heterocycles. The average Bonchev–Trinajstić information content (AvgIpc) is 2.80. The SMILES string of the molecule is CCOC(=O)C1CCC(CN(Cc2ccccc2)S(=O)(=O)c2cccc([N+](=O)[O-])c2)CC1. The molecule has 0 N–H and O–H groups in total. The van der Waals surface area contributed by atoms with Crippen molar-refractivity contribution < 1.29 is 22.9 Å². The van der Waals surface area contributed by atoms with E-state index in [9.17, 15) is 23.3 Å². The Hall–Kier alpha value is -2.78. The fourth-order valence-electron chi connectivity index (χ4n) is 4.07. The van der Waals surface area contributed by atoms with Crippen LogP contribution in [-0.4, -0.2) is 36.8 Å². The summed E-state index contributed by atoms with van der Waals surface area (Å²) in [6.07, 6.45) is 2.78. The summed E-state index contributed by atoms with van der Waals surface area (Å²) in [6, 6.07) is 14.4. The maximum atomic E-state index is 13.5. The quantitative estimate of drug-likeness (QED) is 0.316. The van der Waals surface area contributed by atoms with Crippen molar-refractivity contribution in [2.75, 3.05) is 13.2 Å². The van der Waals surface area contributed by atoms with E-state index in [1.165, 1.54) is 22.5 Å². The molecule has 2 aromatic rings. The summed E-state index contributed by atoms with van der Waals surface area (Å²) in [5, 5.41) is 11.1. The Morgan fingerprint density at radius 1 is 1.09 bits per heavy atom. The molecule has 1 aliphatic rings. The van der Waals surface area contributed by atoms with Gasteiger partial charge in [0.05, 0.1) is 22.3 Å². The van der Waals surface area contributed by atoms with Gasteiger partial charge in [0, 0.05) is 25.2 Å². The van der Waals surface area contributed by atoms with E-state index >= 15 is 0 Å². The number of nitrogens with zero attached hydrogens (tertiary/aromatic N) is 2. The molecule has 0 saturated heterocycles. The first-order chi connectivity index (χ1) is 15.3. The van der Waals surface area contributed by atoms with E-state index in [0.29, 0.717) is 19.4 Å². The molecule has 3 rings (SSSR count). The predicted octanol–water partition coefficient (Wildman–Crippen LogP) is 4.16. The van der Waals surface area contributed by atoms with Crippen molar-refractivity contribution in [3.8, 4) is 0 Å². The lowest BCUT2D eigenvalue weighted by molar-refractivity contribution is -0.385. The third-order valence-corrected chi connectivity index (χ3v) is 7.60. The summed E-state index contributed by atoms with van der Waals surface area (Å²) >= 11 is 0. The van der Waals surface area contributed by atoms with E-state index in [-0.39, 0.29) is 41.5 Å². The van der Waals surface area contributed by atoms with Crippen LogP contribution in [0.15, 0.2) is 59.5 Å². The van der Waals surface area contributed by atoms with Crippen molar-refractivity contribution in [2.24, 2.45) is 11.8 Å². The molecule has 0 bridgehead atoms. The Labute approximate surface area is 188 Å². The van der Waals surface area contributed by atoms with Crippen molar-refractivity contribution >= 4 is 21.7 Å². The number of ether oxygens (including phenoxy) is 1. The maximum absolute atomic E-state index is 13.5. The number of esters is 1. The molecule has 0 amide bonds. The van der Waals surface area contributed by atoms with Crippen LogP contribution < -0.4 is 0 Å². The van der Waals surface area contributed by atoms with E-state index in [2.05, 4.69) is 0 Å². The van der Waals surface area contributed by atoms with Crippen LogP contribution in [0, 0.1) is 22.0 Å². The van der Waals surface area contributed by atoms with Gasteiger partial charge in [0.15, 0.2) is 0 Å². The Bertz CT molecular complexity index is 1030. The fourth-order valence-corrected chi connectivity index (χ4v) is 5.61. The van der Waals surface area contributed by atoms with Crippen LogP contribution in [0.3, 0.4) is 0 Å². The Balaban J connectivity index is 1.81. The van der Waals surface area contributed by atoms with E-state index in [0.717, 1.165) is 24.5 Å². The normalized spacial score (nSPS) is 18.9. The lowest BCUT2D eigenvalue weighted by Crippen LogP contribution is -2.37. The van der Waals surface area contributed by atoms with E-state index in [4.69, 9.17) is 4.74 Å². The summed E-state index contributed by atoms with van der Waals surface area (Å²) in [5.74, 6) is -0.226. The topological polar surface area (TPSA) is 107 Å². The second-order valence-electron chi connectivity index (χ2n) is 8.01. The van der Waals surface area contributed by atoms with Gasteiger partial charge in [0.1, 0.15) is 0 Å². The number of benzene rings is 2. The monoisotopic (exact) mass is 460 g/mol. The Morgan fingerprint density at radius 2 is 1.78 bits per heavy atom. The smallest absolute Gasteiger partial charge is 0.308 e. The van der Waals surface area contributed by atoms with Gasteiger partial charge in [-0.2, -0.15) is 4.31 Å². The lowest BCUT2D eigenvalue weighted by atomic mass is 9.82. The van der Waals surface area contributed by atoms with Crippen LogP contribution in [0.1, 0.15) is 38.2 Å². The van der Waals surface area contributed by atoms with Gasteiger partial charge >= 0.3 is 5.97 Å². The highest BCUT2D eigenvalue weighted by Crippen LogP contribution is 2.32. The van der Waals surface area contributed by atoms with Gasteiger partial charge < -0.3 is 4.74 Å². The van der Waals surface area contributed by atoms with E-state index in [1.807, 2.05) is 30.3 Å². The minimum Gasteiger partial charge on any atom is -0.466 e. The summed E-state index contributed by atoms with van der Waals surface area (Å²) in [4.78, 5) is 22.5. The molecule has 0 aliphatic heterocycles. The minimum atomic E-state index is -3.96. The van der Waals surface area contributed by atoms with Crippen LogP contribution in [0.25, 0.3) is 0 Å². The Kier molecular flexibility index (Phi) is 7.98. The van der Waals surface area contributed by atoms with Crippen molar-refractivity contribution in [3.63, 3.8) is 0 Å². The van der Waals surface area contributed by atoms with Gasteiger partial charge in [-0.3, -0.25) is 14.9 Å². The lowest BCUT2D eigenvalue weighted by Gasteiger charge is -2.31. The molecule has 2 aromatic carbocycles. The number of sulfonamides is 1. The van der Waals surface area contributed by atoms with Gasteiger partial charge in [0.2, 0.25) is 10.0 Å². The molecule has 0 aromatic heterocycles. The zero-order valence-electron chi connectivity index (χ0n) is 18.1. The summed E-state index contributed by atoms with van der Waals surface area (Å²) < 4.78 is 33.5. The second-order valence-corrected chi connectivity index (χ2v) is 9.95. The molecule has 0 radical (unpaired) electrons. The van der Waals surface area contributed by atoms with Crippen LogP contribution >= 0.6 is 0 Å². The highest BCUT2D eigenvalue weighted by Gasteiger charge is 2.32. The second kappa shape index (κ2) is 10.7. The van der Waals surface area contributed by atoms with Gasteiger partial charge in [-0.15, -0.1) is 0 Å². The number of hydrogen-bond acceptors (Lipinski definition) is 6. The largest absolute Gasteiger partial charge is 0.466 e. The van der Waals surface area contributed by atoms with Gasteiger partial charge in [-0.05, 0) is 50.2 Å². The number of hydrogen-bond donors (Lipinski definition) is 0. The third-order valence-electron chi connectivity index (χ3n) is 5.80. The zero-order valence-corrected chi connectivity index (χ0v) is 18.9. The van der Waals surface area contributed by atoms with Crippen LogP contribution in [0.2, 0.25) is 0 Å². The first kappa shape index (κ1) is 23.9. The molecule has 1 saturated carbocycles. The molecule has 32 heavy (non-hydrogen) atoms. The first-order valence-corrected chi connectivity index (χ1v) is 12.2.